The summed E-state index contributed by atoms with van der Waals surface area (Å²) in [7, 11) is 0. The van der Waals surface area contributed by atoms with Crippen LogP contribution in [0.3, 0.4) is 0 Å². The van der Waals surface area contributed by atoms with Crippen molar-refractivity contribution < 1.29 is 23.1 Å². The van der Waals surface area contributed by atoms with Crippen molar-refractivity contribution in [2.75, 3.05) is 0 Å². The number of halogens is 3. The van der Waals surface area contributed by atoms with E-state index >= 15 is 0 Å². The molecule has 2 aromatic rings. The molecule has 1 heterocycles. The van der Waals surface area contributed by atoms with Gasteiger partial charge < -0.3 is 5.11 Å². The quantitative estimate of drug-likeness (QED) is 0.807. The normalized spacial score (nSPS) is 20.0. The van der Waals surface area contributed by atoms with Crippen LogP contribution in [-0.2, 0) is 5.41 Å². The van der Waals surface area contributed by atoms with E-state index in [4.69, 9.17) is 0 Å². The summed E-state index contributed by atoms with van der Waals surface area (Å²) in [6.45, 7) is 5.97. The van der Waals surface area contributed by atoms with Gasteiger partial charge in [-0.3, -0.25) is 10.2 Å². The topological polar surface area (TPSA) is 52.6 Å². The van der Waals surface area contributed by atoms with Gasteiger partial charge in [0.1, 0.15) is 0 Å². The minimum absolute atomic E-state index is 0.0000803. The average molecular weight is 390 g/mol. The van der Waals surface area contributed by atoms with Gasteiger partial charge in [0.2, 0.25) is 0 Å². The monoisotopic (exact) mass is 390 g/mol. The largest absolute Gasteiger partial charge is 0.442 e. The number of hydrogen-bond acceptors (Lipinski definition) is 3. The molecule has 0 saturated carbocycles. The van der Waals surface area contributed by atoms with Gasteiger partial charge in [0.25, 0.3) is 11.6 Å². The summed E-state index contributed by atoms with van der Waals surface area (Å²) in [5.74, 6) is -0.984. The molecular formula is C21H21F3N2O2. The van der Waals surface area contributed by atoms with Gasteiger partial charge in [-0.05, 0) is 28.7 Å². The molecule has 2 aromatic carbocycles. The van der Waals surface area contributed by atoms with Crippen molar-refractivity contribution >= 4 is 11.6 Å². The van der Waals surface area contributed by atoms with E-state index in [2.05, 4.69) is 5.43 Å². The van der Waals surface area contributed by atoms with Crippen molar-refractivity contribution in [3.63, 3.8) is 0 Å². The first-order chi connectivity index (χ1) is 12.9. The van der Waals surface area contributed by atoms with E-state index in [-0.39, 0.29) is 21.7 Å². The SMILES string of the molecule is CC(C)(C)c1ccc(C(=O)N2NC(c3ccccc3)=C[C@@]2(O)C(F)(F)F)cc1. The van der Waals surface area contributed by atoms with Crippen LogP contribution >= 0.6 is 0 Å². The molecule has 1 aliphatic rings. The summed E-state index contributed by atoms with van der Waals surface area (Å²) in [6.07, 6.45) is -4.47. The Bertz CT molecular complexity index is 900. The highest BCUT2D eigenvalue weighted by atomic mass is 19.4. The first-order valence-electron chi connectivity index (χ1n) is 8.72. The van der Waals surface area contributed by atoms with Crippen molar-refractivity contribution in [1.29, 1.82) is 0 Å². The lowest BCUT2D eigenvalue weighted by Gasteiger charge is -2.33. The van der Waals surface area contributed by atoms with Crippen LogP contribution in [0.2, 0.25) is 0 Å². The number of aliphatic hydroxyl groups is 1. The summed E-state index contributed by atoms with van der Waals surface area (Å²) in [4.78, 5) is 12.8. The van der Waals surface area contributed by atoms with Gasteiger partial charge in [0, 0.05) is 11.6 Å². The number of amides is 1. The zero-order chi connectivity index (χ0) is 20.7. The van der Waals surface area contributed by atoms with Crippen LogP contribution in [0.15, 0.2) is 60.7 Å². The maximum Gasteiger partial charge on any atom is 0.442 e. The standard InChI is InChI=1S/C21H21F3N2O2/c1-19(2,3)16-11-9-15(10-12-16)18(27)26-20(28,21(22,23)24)13-17(25-26)14-7-5-4-6-8-14/h4-13,25,28H,1-3H3/t20-/m1/s1. The molecule has 0 unspecified atom stereocenters. The van der Waals surface area contributed by atoms with Crippen LogP contribution in [0.4, 0.5) is 13.2 Å². The van der Waals surface area contributed by atoms with E-state index in [9.17, 15) is 23.1 Å². The van der Waals surface area contributed by atoms with Gasteiger partial charge in [-0.1, -0.05) is 63.2 Å². The fraction of sp³-hybridized carbons (Fsp3) is 0.286. The maximum absolute atomic E-state index is 13.7. The van der Waals surface area contributed by atoms with E-state index in [1.165, 1.54) is 12.1 Å². The first-order valence-corrected chi connectivity index (χ1v) is 8.72. The van der Waals surface area contributed by atoms with Crippen molar-refractivity contribution in [1.82, 2.24) is 10.4 Å². The Labute approximate surface area is 161 Å². The lowest BCUT2D eigenvalue weighted by Crippen LogP contribution is -2.60. The molecule has 4 nitrogen and oxygen atoms in total. The first kappa shape index (κ1) is 19.9. The summed E-state index contributed by atoms with van der Waals surface area (Å²) in [5, 5.41) is 10.6. The van der Waals surface area contributed by atoms with Crippen molar-refractivity contribution in [2.24, 2.45) is 0 Å². The van der Waals surface area contributed by atoms with Gasteiger partial charge >= 0.3 is 6.18 Å². The molecule has 7 heteroatoms. The van der Waals surface area contributed by atoms with Gasteiger partial charge in [-0.25, -0.2) is 5.01 Å². The molecule has 148 valence electrons. The minimum Gasteiger partial charge on any atom is -0.359 e. The highest BCUT2D eigenvalue weighted by molar-refractivity contribution is 5.96. The fourth-order valence-corrected chi connectivity index (χ4v) is 2.93. The van der Waals surface area contributed by atoms with Crippen LogP contribution in [0, 0.1) is 0 Å². The summed E-state index contributed by atoms with van der Waals surface area (Å²) in [5.41, 5.74) is 0.188. The lowest BCUT2D eigenvalue weighted by atomic mass is 9.86. The van der Waals surface area contributed by atoms with Gasteiger partial charge in [-0.15, -0.1) is 0 Å². The van der Waals surface area contributed by atoms with E-state index in [1.807, 2.05) is 20.8 Å². The van der Waals surface area contributed by atoms with Gasteiger partial charge in [0.05, 0.1) is 5.70 Å². The molecule has 3 rings (SSSR count). The van der Waals surface area contributed by atoms with Crippen molar-refractivity contribution in [3.05, 3.63) is 77.4 Å². The number of hydrogen-bond donors (Lipinski definition) is 2. The number of alkyl halides is 3. The molecule has 0 spiro atoms. The third-order valence-electron chi connectivity index (χ3n) is 4.62. The minimum atomic E-state index is -5.09. The van der Waals surface area contributed by atoms with Crippen LogP contribution in [0.25, 0.3) is 5.70 Å². The highest BCUT2D eigenvalue weighted by Gasteiger charge is 2.61. The van der Waals surface area contributed by atoms with Crippen molar-refractivity contribution in [2.45, 2.75) is 38.1 Å². The lowest BCUT2D eigenvalue weighted by molar-refractivity contribution is -0.283. The van der Waals surface area contributed by atoms with Gasteiger partial charge in [0.15, 0.2) is 0 Å². The van der Waals surface area contributed by atoms with Crippen LogP contribution in [0.1, 0.15) is 42.3 Å². The molecule has 0 aromatic heterocycles. The molecule has 0 aliphatic carbocycles. The smallest absolute Gasteiger partial charge is 0.359 e. The number of carbonyl (C=O) groups is 1. The molecule has 0 saturated heterocycles. The number of nitrogens with one attached hydrogen (secondary N) is 1. The predicted molar refractivity (Wildman–Crippen MR) is 99.9 cm³/mol. The Morgan fingerprint density at radius 3 is 2.07 bits per heavy atom. The third-order valence-corrected chi connectivity index (χ3v) is 4.62. The van der Waals surface area contributed by atoms with Crippen molar-refractivity contribution in [3.8, 4) is 0 Å². The number of benzene rings is 2. The maximum atomic E-state index is 13.7. The summed E-state index contributed by atoms with van der Waals surface area (Å²) >= 11 is 0. The second-order valence-corrected chi connectivity index (χ2v) is 7.73. The number of carbonyl (C=O) groups excluding carboxylic acids is 1. The van der Waals surface area contributed by atoms with E-state index in [1.54, 1.807) is 42.5 Å². The Morgan fingerprint density at radius 1 is 1.00 bits per heavy atom. The Kier molecular flexibility index (Phi) is 4.75. The zero-order valence-electron chi connectivity index (χ0n) is 15.7. The molecule has 0 bridgehead atoms. The van der Waals surface area contributed by atoms with Crippen LogP contribution in [0.5, 0.6) is 0 Å². The number of hydrazine groups is 1. The Hall–Kier alpha value is -2.80. The van der Waals surface area contributed by atoms with E-state index in [0.717, 1.165) is 5.56 Å². The fourth-order valence-electron chi connectivity index (χ4n) is 2.93. The van der Waals surface area contributed by atoms with Gasteiger partial charge in [-0.2, -0.15) is 13.2 Å². The van der Waals surface area contributed by atoms with Crippen LogP contribution < -0.4 is 5.43 Å². The third kappa shape index (κ3) is 3.49. The highest BCUT2D eigenvalue weighted by Crippen LogP contribution is 2.40. The molecule has 1 aliphatic heterocycles. The second-order valence-electron chi connectivity index (χ2n) is 7.73. The Balaban J connectivity index is 1.97. The molecule has 2 N–H and O–H groups in total. The molecule has 0 fully saturated rings. The average Bonchev–Trinajstić information content (AvgIpc) is 3.00. The van der Waals surface area contributed by atoms with E-state index in [0.29, 0.717) is 11.6 Å². The number of nitrogens with zero attached hydrogens (tertiary/aromatic N) is 1. The molecular weight excluding hydrogens is 369 g/mol. The summed E-state index contributed by atoms with van der Waals surface area (Å²) < 4.78 is 41.0. The molecule has 28 heavy (non-hydrogen) atoms. The molecule has 1 atom stereocenters. The second kappa shape index (κ2) is 6.67. The van der Waals surface area contributed by atoms with E-state index < -0.39 is 17.8 Å². The molecule has 1 amide bonds. The van der Waals surface area contributed by atoms with Crippen LogP contribution in [-0.4, -0.2) is 27.9 Å². The Morgan fingerprint density at radius 2 is 1.57 bits per heavy atom. The number of rotatable bonds is 2. The zero-order valence-corrected chi connectivity index (χ0v) is 15.7. The summed E-state index contributed by atoms with van der Waals surface area (Å²) in [6, 6.07) is 14.5. The molecule has 0 radical (unpaired) electrons. The predicted octanol–water partition coefficient (Wildman–Crippen LogP) is 4.24.